The van der Waals surface area contributed by atoms with Crippen molar-refractivity contribution in [2.75, 3.05) is 33.4 Å². The average molecular weight is 267 g/mol. The molecule has 1 aliphatic heterocycles. The summed E-state index contributed by atoms with van der Waals surface area (Å²) >= 11 is 0. The van der Waals surface area contributed by atoms with Crippen LogP contribution in [0.25, 0.3) is 0 Å². The molecule has 2 fully saturated rings. The summed E-state index contributed by atoms with van der Waals surface area (Å²) in [4.78, 5) is 14.1. The van der Waals surface area contributed by atoms with Crippen LogP contribution in [0.4, 0.5) is 0 Å². The zero-order valence-corrected chi connectivity index (χ0v) is 12.6. The third-order valence-electron chi connectivity index (χ3n) is 5.02. The molecule has 0 aromatic heterocycles. The van der Waals surface area contributed by atoms with Crippen LogP contribution in [0, 0.1) is 17.3 Å². The molecule has 0 aromatic rings. The van der Waals surface area contributed by atoms with Crippen LogP contribution < -0.4 is 0 Å². The van der Waals surface area contributed by atoms with E-state index in [0.29, 0.717) is 5.92 Å². The second-order valence-corrected chi connectivity index (χ2v) is 6.86. The lowest BCUT2D eigenvalue weighted by molar-refractivity contribution is -0.120. The van der Waals surface area contributed by atoms with E-state index in [1.165, 1.54) is 32.0 Å². The third-order valence-corrected chi connectivity index (χ3v) is 5.02. The number of rotatable bonds is 5. The molecule has 3 heteroatoms. The number of piperidine rings is 1. The topological polar surface area (TPSA) is 29.5 Å². The molecular formula is C16H29NO2. The number of likely N-dealkylation sites (tertiary alicyclic amines) is 1. The molecule has 0 aromatic carbocycles. The monoisotopic (exact) mass is 267 g/mol. The average Bonchev–Trinajstić information content (AvgIpc) is 2.41. The summed E-state index contributed by atoms with van der Waals surface area (Å²) < 4.78 is 5.25. The van der Waals surface area contributed by atoms with Gasteiger partial charge in [0.15, 0.2) is 0 Å². The van der Waals surface area contributed by atoms with E-state index in [-0.39, 0.29) is 5.41 Å². The van der Waals surface area contributed by atoms with Crippen LogP contribution in [-0.2, 0) is 9.53 Å². The number of ether oxygens (including phenoxy) is 1. The van der Waals surface area contributed by atoms with Gasteiger partial charge in [-0.25, -0.2) is 0 Å². The Morgan fingerprint density at radius 1 is 1.32 bits per heavy atom. The maximum absolute atomic E-state index is 11.6. The Bertz CT molecular complexity index is 286. The number of hydrogen-bond acceptors (Lipinski definition) is 3. The van der Waals surface area contributed by atoms with Crippen molar-refractivity contribution < 1.29 is 9.53 Å². The Morgan fingerprint density at radius 3 is 2.63 bits per heavy atom. The fraction of sp³-hybridized carbons (Fsp3) is 0.938. The number of nitrogens with zero attached hydrogens (tertiary/aromatic N) is 1. The van der Waals surface area contributed by atoms with Gasteiger partial charge in [0, 0.05) is 25.7 Å². The third kappa shape index (κ3) is 4.03. The Morgan fingerprint density at radius 2 is 2.05 bits per heavy atom. The summed E-state index contributed by atoms with van der Waals surface area (Å²) in [5.41, 5.74) is -0.0498. The molecule has 1 saturated heterocycles. The normalized spacial score (nSPS) is 34.3. The summed E-state index contributed by atoms with van der Waals surface area (Å²) in [6.45, 7) is 6.45. The fourth-order valence-electron chi connectivity index (χ4n) is 3.98. The summed E-state index contributed by atoms with van der Waals surface area (Å²) in [6.07, 6.45) is 8.42. The van der Waals surface area contributed by atoms with Crippen molar-refractivity contribution in [1.29, 1.82) is 0 Å². The van der Waals surface area contributed by atoms with Crippen molar-refractivity contribution in [1.82, 2.24) is 4.90 Å². The van der Waals surface area contributed by atoms with Crippen molar-refractivity contribution in [2.45, 2.75) is 45.4 Å². The van der Waals surface area contributed by atoms with E-state index in [9.17, 15) is 4.79 Å². The van der Waals surface area contributed by atoms with E-state index in [2.05, 4.69) is 11.8 Å². The molecular weight excluding hydrogens is 238 g/mol. The van der Waals surface area contributed by atoms with E-state index in [4.69, 9.17) is 4.74 Å². The molecule has 2 rings (SSSR count). The lowest BCUT2D eigenvalue weighted by Gasteiger charge is -2.41. The number of carbonyl (C=O) groups excluding carboxylic acids is 1. The highest BCUT2D eigenvalue weighted by Crippen LogP contribution is 2.39. The summed E-state index contributed by atoms with van der Waals surface area (Å²) in [7, 11) is 1.79. The first-order chi connectivity index (χ1) is 9.17. The van der Waals surface area contributed by atoms with Crippen LogP contribution in [0.5, 0.6) is 0 Å². The lowest BCUT2D eigenvalue weighted by atomic mass is 9.70. The van der Waals surface area contributed by atoms with Gasteiger partial charge in [0.2, 0.25) is 0 Å². The van der Waals surface area contributed by atoms with Gasteiger partial charge in [-0.15, -0.1) is 0 Å². The molecule has 0 spiro atoms. The molecule has 0 amide bonds. The second kappa shape index (κ2) is 6.85. The van der Waals surface area contributed by atoms with Gasteiger partial charge in [-0.2, -0.15) is 0 Å². The minimum atomic E-state index is -0.0498. The first kappa shape index (κ1) is 15.0. The highest BCUT2D eigenvalue weighted by atomic mass is 16.5. The van der Waals surface area contributed by atoms with Crippen LogP contribution >= 0.6 is 0 Å². The molecule has 1 aliphatic carbocycles. The quantitative estimate of drug-likeness (QED) is 0.717. The highest BCUT2D eigenvalue weighted by Gasteiger charge is 2.37. The largest absolute Gasteiger partial charge is 0.384 e. The lowest BCUT2D eigenvalue weighted by Crippen LogP contribution is -2.45. The van der Waals surface area contributed by atoms with Crippen molar-refractivity contribution in [3.05, 3.63) is 0 Å². The minimum Gasteiger partial charge on any atom is -0.384 e. The predicted octanol–water partition coefficient (Wildman–Crippen LogP) is 2.74. The van der Waals surface area contributed by atoms with Gasteiger partial charge in [0.1, 0.15) is 6.29 Å². The van der Waals surface area contributed by atoms with E-state index < -0.39 is 0 Å². The maximum atomic E-state index is 11.6. The summed E-state index contributed by atoms with van der Waals surface area (Å²) in [6, 6.07) is 0. The van der Waals surface area contributed by atoms with Crippen molar-refractivity contribution in [3.8, 4) is 0 Å². The molecule has 3 nitrogen and oxygen atoms in total. The molecule has 0 N–H and O–H groups in total. The molecule has 110 valence electrons. The standard InChI is InChI=1S/C16H29NO2/c1-14-4-3-7-16(10-14,13-18)12-17-8-5-15(6-9-17)11-19-2/h13-15H,3-12H2,1-2H3. The van der Waals surface area contributed by atoms with Crippen molar-refractivity contribution in [3.63, 3.8) is 0 Å². The number of hydrogen-bond donors (Lipinski definition) is 0. The van der Waals surface area contributed by atoms with Crippen LogP contribution in [0.15, 0.2) is 0 Å². The molecule has 2 unspecified atom stereocenters. The van der Waals surface area contributed by atoms with E-state index in [0.717, 1.165) is 45.0 Å². The van der Waals surface area contributed by atoms with Gasteiger partial charge in [0.25, 0.3) is 0 Å². The van der Waals surface area contributed by atoms with E-state index in [1.54, 1.807) is 7.11 Å². The highest BCUT2D eigenvalue weighted by molar-refractivity contribution is 5.60. The zero-order chi connectivity index (χ0) is 13.7. The minimum absolute atomic E-state index is 0.0498. The Labute approximate surface area is 117 Å². The Hall–Kier alpha value is -0.410. The fourth-order valence-corrected chi connectivity index (χ4v) is 3.98. The molecule has 1 heterocycles. The van der Waals surface area contributed by atoms with Crippen molar-refractivity contribution >= 4 is 6.29 Å². The summed E-state index contributed by atoms with van der Waals surface area (Å²) in [5, 5.41) is 0. The van der Waals surface area contributed by atoms with Gasteiger partial charge in [0.05, 0.1) is 0 Å². The Kier molecular flexibility index (Phi) is 5.40. The SMILES string of the molecule is COCC1CCN(CC2(C=O)CCCC(C)C2)CC1. The van der Waals surface area contributed by atoms with Crippen LogP contribution in [0.3, 0.4) is 0 Å². The molecule has 0 bridgehead atoms. The molecule has 1 saturated carbocycles. The first-order valence-corrected chi connectivity index (χ1v) is 7.85. The Balaban J connectivity index is 1.84. The van der Waals surface area contributed by atoms with Crippen LogP contribution in [-0.4, -0.2) is 44.5 Å². The number of methoxy groups -OCH3 is 1. The van der Waals surface area contributed by atoms with Gasteiger partial charge >= 0.3 is 0 Å². The van der Waals surface area contributed by atoms with Gasteiger partial charge in [-0.3, -0.25) is 0 Å². The van der Waals surface area contributed by atoms with Gasteiger partial charge < -0.3 is 14.4 Å². The first-order valence-electron chi connectivity index (χ1n) is 7.85. The molecule has 0 radical (unpaired) electrons. The second-order valence-electron chi connectivity index (χ2n) is 6.86. The van der Waals surface area contributed by atoms with Crippen LogP contribution in [0.2, 0.25) is 0 Å². The van der Waals surface area contributed by atoms with E-state index >= 15 is 0 Å². The summed E-state index contributed by atoms with van der Waals surface area (Å²) in [5.74, 6) is 1.43. The smallest absolute Gasteiger partial charge is 0.127 e. The van der Waals surface area contributed by atoms with Gasteiger partial charge in [-0.1, -0.05) is 19.8 Å². The molecule has 2 atom stereocenters. The van der Waals surface area contributed by atoms with E-state index in [1.807, 2.05) is 0 Å². The molecule has 19 heavy (non-hydrogen) atoms. The molecule has 2 aliphatic rings. The number of carbonyl (C=O) groups is 1. The van der Waals surface area contributed by atoms with Crippen molar-refractivity contribution in [2.24, 2.45) is 17.3 Å². The number of aldehydes is 1. The maximum Gasteiger partial charge on any atom is 0.127 e. The van der Waals surface area contributed by atoms with Gasteiger partial charge in [-0.05, 0) is 50.6 Å². The zero-order valence-electron chi connectivity index (χ0n) is 12.6. The predicted molar refractivity (Wildman–Crippen MR) is 77.2 cm³/mol. The van der Waals surface area contributed by atoms with Crippen LogP contribution in [0.1, 0.15) is 45.4 Å².